The van der Waals surface area contributed by atoms with E-state index in [9.17, 15) is 9.59 Å². The minimum absolute atomic E-state index is 0.00390. The van der Waals surface area contributed by atoms with Crippen LogP contribution in [-0.4, -0.2) is 39.2 Å². The summed E-state index contributed by atoms with van der Waals surface area (Å²) >= 11 is 0. The van der Waals surface area contributed by atoms with Gasteiger partial charge in [-0.25, -0.2) is 4.79 Å². The SMILES string of the molecule is COc1cc(/C=C/C(=O)O[C@H]2CCCCC2=O)cc(OC)c1OC. The number of hydrogen-bond donors (Lipinski definition) is 0. The summed E-state index contributed by atoms with van der Waals surface area (Å²) < 4.78 is 21.0. The zero-order valence-corrected chi connectivity index (χ0v) is 14.2. The molecule has 1 fully saturated rings. The molecule has 0 amide bonds. The molecule has 0 radical (unpaired) electrons. The standard InChI is InChI=1S/C18H22O6/c1-21-15-10-12(11-16(22-2)18(15)23-3)8-9-17(20)24-14-7-5-4-6-13(14)19/h8-11,14H,4-7H2,1-3H3/b9-8+/t14-/m0/s1. The zero-order valence-electron chi connectivity index (χ0n) is 14.2. The molecule has 2 rings (SSSR count). The molecule has 1 atom stereocenters. The molecular weight excluding hydrogens is 312 g/mol. The van der Waals surface area contributed by atoms with Crippen LogP contribution in [0.1, 0.15) is 31.2 Å². The fourth-order valence-corrected chi connectivity index (χ4v) is 2.62. The molecule has 1 aromatic carbocycles. The number of ether oxygens (including phenoxy) is 4. The van der Waals surface area contributed by atoms with Gasteiger partial charge in [0.05, 0.1) is 21.3 Å². The largest absolute Gasteiger partial charge is 0.493 e. The van der Waals surface area contributed by atoms with Crippen LogP contribution < -0.4 is 14.2 Å². The van der Waals surface area contributed by atoms with Gasteiger partial charge in [-0.2, -0.15) is 0 Å². The highest BCUT2D eigenvalue weighted by Crippen LogP contribution is 2.38. The third-order valence-corrected chi connectivity index (χ3v) is 3.86. The first kappa shape index (κ1) is 17.8. The number of ketones is 1. The van der Waals surface area contributed by atoms with E-state index in [1.165, 1.54) is 27.4 Å². The zero-order chi connectivity index (χ0) is 17.5. The molecule has 6 heteroatoms. The van der Waals surface area contributed by atoms with Crippen LogP contribution in [0.5, 0.6) is 17.2 Å². The lowest BCUT2D eigenvalue weighted by atomic mass is 9.96. The Morgan fingerprint density at radius 3 is 2.29 bits per heavy atom. The Hall–Kier alpha value is -2.50. The molecule has 0 spiro atoms. The molecule has 1 aliphatic rings. The van der Waals surface area contributed by atoms with Gasteiger partial charge in [-0.05, 0) is 43.0 Å². The molecule has 0 N–H and O–H groups in total. The van der Waals surface area contributed by atoms with E-state index in [2.05, 4.69) is 0 Å². The van der Waals surface area contributed by atoms with Gasteiger partial charge in [-0.1, -0.05) is 0 Å². The monoisotopic (exact) mass is 334 g/mol. The highest BCUT2D eigenvalue weighted by Gasteiger charge is 2.24. The molecule has 6 nitrogen and oxygen atoms in total. The van der Waals surface area contributed by atoms with Gasteiger partial charge in [0.15, 0.2) is 23.4 Å². The molecule has 130 valence electrons. The second-order valence-electron chi connectivity index (χ2n) is 5.43. The van der Waals surface area contributed by atoms with Crippen molar-refractivity contribution in [2.75, 3.05) is 21.3 Å². The van der Waals surface area contributed by atoms with Crippen LogP contribution in [0.2, 0.25) is 0 Å². The van der Waals surface area contributed by atoms with Gasteiger partial charge < -0.3 is 18.9 Å². The summed E-state index contributed by atoms with van der Waals surface area (Å²) in [5.74, 6) is 0.923. The van der Waals surface area contributed by atoms with E-state index in [0.29, 0.717) is 35.7 Å². The highest BCUT2D eigenvalue weighted by molar-refractivity contribution is 5.91. The molecule has 0 unspecified atom stereocenters. The maximum atomic E-state index is 11.9. The van der Waals surface area contributed by atoms with Crippen LogP contribution in [0.3, 0.4) is 0 Å². The summed E-state index contributed by atoms with van der Waals surface area (Å²) in [7, 11) is 4.57. The van der Waals surface area contributed by atoms with Crippen LogP contribution in [0.25, 0.3) is 6.08 Å². The normalized spacial score (nSPS) is 17.6. The number of rotatable bonds is 6. The summed E-state index contributed by atoms with van der Waals surface area (Å²) in [6, 6.07) is 3.44. The number of benzene rings is 1. The first-order valence-electron chi connectivity index (χ1n) is 7.80. The van der Waals surface area contributed by atoms with Gasteiger partial charge in [-0.15, -0.1) is 0 Å². The summed E-state index contributed by atoms with van der Waals surface area (Å²) in [6.45, 7) is 0. The highest BCUT2D eigenvalue weighted by atomic mass is 16.5. The fraction of sp³-hybridized carbons (Fsp3) is 0.444. The molecule has 1 aliphatic carbocycles. The summed E-state index contributed by atoms with van der Waals surface area (Å²) in [6.07, 6.45) is 5.12. The van der Waals surface area contributed by atoms with Crippen molar-refractivity contribution in [2.24, 2.45) is 0 Å². The molecule has 0 aliphatic heterocycles. The smallest absolute Gasteiger partial charge is 0.331 e. The summed E-state index contributed by atoms with van der Waals surface area (Å²) in [4.78, 5) is 23.6. The van der Waals surface area contributed by atoms with E-state index >= 15 is 0 Å². The first-order valence-corrected chi connectivity index (χ1v) is 7.80. The predicted molar refractivity (Wildman–Crippen MR) is 88.5 cm³/mol. The van der Waals surface area contributed by atoms with Crippen molar-refractivity contribution in [3.8, 4) is 17.2 Å². The first-order chi connectivity index (χ1) is 11.6. The third-order valence-electron chi connectivity index (χ3n) is 3.86. The molecule has 1 aromatic rings. The number of carbonyl (C=O) groups is 2. The molecule has 0 aromatic heterocycles. The van der Waals surface area contributed by atoms with Crippen LogP contribution in [0.4, 0.5) is 0 Å². The Bertz CT molecular complexity index is 609. The predicted octanol–water partition coefficient (Wildman–Crippen LogP) is 2.78. The lowest BCUT2D eigenvalue weighted by Crippen LogP contribution is -2.29. The van der Waals surface area contributed by atoms with E-state index in [1.54, 1.807) is 18.2 Å². The van der Waals surface area contributed by atoms with E-state index in [4.69, 9.17) is 18.9 Å². The molecule has 24 heavy (non-hydrogen) atoms. The molecule has 0 bridgehead atoms. The lowest BCUT2D eigenvalue weighted by molar-refractivity contribution is -0.152. The van der Waals surface area contributed by atoms with Crippen molar-refractivity contribution >= 4 is 17.8 Å². The van der Waals surface area contributed by atoms with Crippen molar-refractivity contribution in [1.29, 1.82) is 0 Å². The lowest BCUT2D eigenvalue weighted by Gasteiger charge is -2.19. The number of methoxy groups -OCH3 is 3. The number of Topliss-reactive ketones (excluding diaryl/α,β-unsaturated/α-hetero) is 1. The topological polar surface area (TPSA) is 71.1 Å². The number of hydrogen-bond acceptors (Lipinski definition) is 6. The molecule has 1 saturated carbocycles. The quantitative estimate of drug-likeness (QED) is 0.588. The molecule has 0 saturated heterocycles. The van der Waals surface area contributed by atoms with Crippen molar-refractivity contribution < 1.29 is 28.5 Å². The van der Waals surface area contributed by atoms with Crippen LogP contribution >= 0.6 is 0 Å². The second kappa shape index (κ2) is 8.38. The van der Waals surface area contributed by atoms with Gasteiger partial charge in [-0.3, -0.25) is 4.79 Å². The average Bonchev–Trinajstić information content (AvgIpc) is 2.60. The second-order valence-corrected chi connectivity index (χ2v) is 5.43. The van der Waals surface area contributed by atoms with E-state index in [1.807, 2.05) is 0 Å². The van der Waals surface area contributed by atoms with Crippen molar-refractivity contribution in [1.82, 2.24) is 0 Å². The van der Waals surface area contributed by atoms with Crippen molar-refractivity contribution in [3.05, 3.63) is 23.8 Å². The van der Waals surface area contributed by atoms with E-state index in [-0.39, 0.29) is 5.78 Å². The number of carbonyl (C=O) groups excluding carboxylic acids is 2. The van der Waals surface area contributed by atoms with Gasteiger partial charge in [0.2, 0.25) is 5.75 Å². The van der Waals surface area contributed by atoms with Crippen molar-refractivity contribution in [2.45, 2.75) is 31.8 Å². The Morgan fingerprint density at radius 2 is 1.75 bits per heavy atom. The fourth-order valence-electron chi connectivity index (χ4n) is 2.62. The van der Waals surface area contributed by atoms with Crippen LogP contribution in [-0.2, 0) is 14.3 Å². The molecule has 0 heterocycles. The van der Waals surface area contributed by atoms with Crippen LogP contribution in [0.15, 0.2) is 18.2 Å². The summed E-state index contributed by atoms with van der Waals surface area (Å²) in [5.41, 5.74) is 0.691. The van der Waals surface area contributed by atoms with Gasteiger partial charge in [0.1, 0.15) is 0 Å². The van der Waals surface area contributed by atoms with Crippen molar-refractivity contribution in [3.63, 3.8) is 0 Å². The minimum atomic E-state index is -0.615. The maximum absolute atomic E-state index is 11.9. The van der Waals surface area contributed by atoms with Gasteiger partial charge in [0.25, 0.3) is 0 Å². The summed E-state index contributed by atoms with van der Waals surface area (Å²) in [5, 5.41) is 0. The van der Waals surface area contributed by atoms with Gasteiger partial charge in [0, 0.05) is 12.5 Å². The average molecular weight is 334 g/mol. The third kappa shape index (κ3) is 4.28. The number of esters is 1. The van der Waals surface area contributed by atoms with Gasteiger partial charge >= 0.3 is 5.97 Å². The van der Waals surface area contributed by atoms with Crippen LogP contribution in [0, 0.1) is 0 Å². The van der Waals surface area contributed by atoms with E-state index < -0.39 is 12.1 Å². The Kier molecular flexibility index (Phi) is 6.23. The minimum Gasteiger partial charge on any atom is -0.493 e. The Labute approximate surface area is 141 Å². The molecular formula is C18H22O6. The maximum Gasteiger partial charge on any atom is 0.331 e. The van der Waals surface area contributed by atoms with E-state index in [0.717, 1.165) is 12.8 Å². The Balaban J connectivity index is 2.10. The Morgan fingerprint density at radius 1 is 1.08 bits per heavy atom.